The Kier molecular flexibility index (Phi) is 5.72. The van der Waals surface area contributed by atoms with Crippen molar-refractivity contribution in [1.29, 1.82) is 0 Å². The van der Waals surface area contributed by atoms with Crippen LogP contribution in [0.2, 0.25) is 0 Å². The zero-order chi connectivity index (χ0) is 18.5. The van der Waals surface area contributed by atoms with E-state index in [0.717, 1.165) is 45.6 Å². The Labute approximate surface area is 160 Å². The molecule has 2 amide bonds. The maximum Gasteiger partial charge on any atom is 0.317 e. The number of carbonyl (C=O) groups is 1. The van der Waals surface area contributed by atoms with Gasteiger partial charge in [0.15, 0.2) is 0 Å². The Bertz CT molecular complexity index is 703. The molecule has 2 aromatic rings. The summed E-state index contributed by atoms with van der Waals surface area (Å²) in [6.07, 6.45) is 6.29. The highest BCUT2D eigenvalue weighted by molar-refractivity contribution is 5.75. The van der Waals surface area contributed by atoms with Crippen LogP contribution in [0.4, 0.5) is 4.79 Å². The molecule has 0 spiro atoms. The molecule has 2 fully saturated rings. The first-order chi connectivity index (χ1) is 13.3. The van der Waals surface area contributed by atoms with Gasteiger partial charge in [0.1, 0.15) is 0 Å². The summed E-state index contributed by atoms with van der Waals surface area (Å²) in [5.41, 5.74) is 2.37. The number of nitrogens with one attached hydrogen (secondary N) is 2. The average molecular weight is 367 g/mol. The van der Waals surface area contributed by atoms with E-state index in [1.165, 1.54) is 24.1 Å². The highest BCUT2D eigenvalue weighted by Crippen LogP contribution is 2.26. The van der Waals surface area contributed by atoms with Crippen molar-refractivity contribution in [3.63, 3.8) is 0 Å². The SMILES string of the molecule is O=C(N[C@@H](CN1CCCC1)c1ccccc1)N1CCC(c2ccn[nH]2)CC1. The van der Waals surface area contributed by atoms with Gasteiger partial charge in [0.2, 0.25) is 0 Å². The largest absolute Gasteiger partial charge is 0.330 e. The summed E-state index contributed by atoms with van der Waals surface area (Å²) in [4.78, 5) is 17.4. The Morgan fingerprint density at radius 3 is 2.52 bits per heavy atom. The van der Waals surface area contributed by atoms with Gasteiger partial charge >= 0.3 is 6.03 Å². The first-order valence-electron chi connectivity index (χ1n) is 10.1. The van der Waals surface area contributed by atoms with Gasteiger partial charge in [-0.2, -0.15) is 5.10 Å². The second-order valence-corrected chi connectivity index (χ2v) is 7.69. The lowest BCUT2D eigenvalue weighted by Gasteiger charge is -2.33. The summed E-state index contributed by atoms with van der Waals surface area (Å²) in [5.74, 6) is 0.478. The molecule has 1 atom stereocenters. The third-order valence-electron chi connectivity index (χ3n) is 5.88. The van der Waals surface area contributed by atoms with Crippen molar-refractivity contribution in [3.8, 4) is 0 Å². The molecule has 0 bridgehead atoms. The van der Waals surface area contributed by atoms with Crippen LogP contribution in [0.5, 0.6) is 0 Å². The predicted molar refractivity (Wildman–Crippen MR) is 106 cm³/mol. The van der Waals surface area contributed by atoms with E-state index in [9.17, 15) is 4.79 Å². The van der Waals surface area contributed by atoms with Crippen molar-refractivity contribution in [2.75, 3.05) is 32.7 Å². The van der Waals surface area contributed by atoms with Crippen LogP contribution in [0.3, 0.4) is 0 Å². The van der Waals surface area contributed by atoms with E-state index in [0.29, 0.717) is 5.92 Å². The number of rotatable bonds is 5. The van der Waals surface area contributed by atoms with Crippen molar-refractivity contribution in [3.05, 3.63) is 53.9 Å². The van der Waals surface area contributed by atoms with Crippen LogP contribution < -0.4 is 5.32 Å². The summed E-state index contributed by atoms with van der Waals surface area (Å²) >= 11 is 0. The third kappa shape index (κ3) is 4.50. The van der Waals surface area contributed by atoms with Crippen molar-refractivity contribution in [2.24, 2.45) is 0 Å². The van der Waals surface area contributed by atoms with E-state index in [4.69, 9.17) is 0 Å². The third-order valence-corrected chi connectivity index (χ3v) is 5.88. The minimum atomic E-state index is 0.0436. The summed E-state index contributed by atoms with van der Waals surface area (Å²) < 4.78 is 0. The Balaban J connectivity index is 1.36. The number of aromatic amines is 1. The lowest BCUT2D eigenvalue weighted by atomic mass is 9.94. The molecule has 27 heavy (non-hydrogen) atoms. The highest BCUT2D eigenvalue weighted by Gasteiger charge is 2.27. The van der Waals surface area contributed by atoms with Gasteiger partial charge in [0.25, 0.3) is 0 Å². The van der Waals surface area contributed by atoms with Crippen LogP contribution in [-0.4, -0.2) is 58.8 Å². The van der Waals surface area contributed by atoms with E-state index in [1.807, 2.05) is 29.2 Å². The van der Waals surface area contributed by atoms with Gasteiger partial charge in [0, 0.05) is 37.4 Å². The lowest BCUT2D eigenvalue weighted by molar-refractivity contribution is 0.173. The number of nitrogens with zero attached hydrogens (tertiary/aromatic N) is 3. The van der Waals surface area contributed by atoms with Crippen LogP contribution in [0.15, 0.2) is 42.6 Å². The number of carbonyl (C=O) groups excluding carboxylic acids is 1. The van der Waals surface area contributed by atoms with Crippen molar-refractivity contribution in [1.82, 2.24) is 25.3 Å². The summed E-state index contributed by atoms with van der Waals surface area (Å²) in [5, 5.41) is 10.4. The number of H-pyrrole nitrogens is 1. The zero-order valence-corrected chi connectivity index (χ0v) is 15.8. The van der Waals surface area contributed by atoms with Crippen molar-refractivity contribution < 1.29 is 4.79 Å². The van der Waals surface area contributed by atoms with Crippen molar-refractivity contribution >= 4 is 6.03 Å². The molecule has 144 valence electrons. The molecule has 6 heteroatoms. The number of hydrogen-bond donors (Lipinski definition) is 2. The number of likely N-dealkylation sites (tertiary alicyclic amines) is 2. The monoisotopic (exact) mass is 367 g/mol. The molecule has 2 aliphatic heterocycles. The van der Waals surface area contributed by atoms with Gasteiger partial charge in [-0.05, 0) is 50.4 Å². The maximum absolute atomic E-state index is 12.9. The minimum absolute atomic E-state index is 0.0436. The average Bonchev–Trinajstić information content (AvgIpc) is 3.42. The molecule has 2 aliphatic rings. The zero-order valence-electron chi connectivity index (χ0n) is 15.8. The minimum Gasteiger partial charge on any atom is -0.330 e. The van der Waals surface area contributed by atoms with Gasteiger partial charge in [-0.3, -0.25) is 5.10 Å². The number of piperidine rings is 1. The Morgan fingerprint density at radius 1 is 1.11 bits per heavy atom. The molecule has 0 aliphatic carbocycles. The molecular weight excluding hydrogens is 338 g/mol. The first kappa shape index (κ1) is 18.0. The van der Waals surface area contributed by atoms with Gasteiger partial charge in [-0.25, -0.2) is 4.79 Å². The van der Waals surface area contributed by atoms with Gasteiger partial charge < -0.3 is 15.1 Å². The number of amides is 2. The fraction of sp³-hybridized carbons (Fsp3) is 0.524. The summed E-state index contributed by atoms with van der Waals surface area (Å²) in [7, 11) is 0. The van der Waals surface area contributed by atoms with Crippen LogP contribution in [0.25, 0.3) is 0 Å². The molecule has 0 saturated carbocycles. The number of aromatic nitrogens is 2. The fourth-order valence-electron chi connectivity index (χ4n) is 4.27. The Hall–Kier alpha value is -2.34. The second-order valence-electron chi connectivity index (χ2n) is 7.69. The number of benzene rings is 1. The van der Waals surface area contributed by atoms with Crippen LogP contribution in [0, 0.1) is 0 Å². The highest BCUT2D eigenvalue weighted by atomic mass is 16.2. The van der Waals surface area contributed by atoms with Crippen LogP contribution in [0.1, 0.15) is 48.9 Å². The molecule has 1 aromatic heterocycles. The molecular formula is C21H29N5O. The molecule has 1 aromatic carbocycles. The molecule has 0 unspecified atom stereocenters. The predicted octanol–water partition coefficient (Wildman–Crippen LogP) is 3.14. The van der Waals surface area contributed by atoms with Crippen LogP contribution >= 0.6 is 0 Å². The molecule has 2 saturated heterocycles. The second kappa shape index (κ2) is 8.57. The molecule has 4 rings (SSSR count). The molecule has 0 radical (unpaired) electrons. The summed E-state index contributed by atoms with van der Waals surface area (Å²) in [6.45, 7) is 4.74. The van der Waals surface area contributed by atoms with E-state index in [-0.39, 0.29) is 12.1 Å². The van der Waals surface area contributed by atoms with Gasteiger partial charge in [-0.1, -0.05) is 30.3 Å². The standard InChI is InChI=1S/C21H29N5O/c27-21(26-14-9-18(10-15-26)19-8-11-22-24-19)23-20(16-25-12-4-5-13-25)17-6-2-1-3-7-17/h1-3,6-8,11,18,20H,4-5,9-10,12-16H2,(H,22,24)(H,23,27)/t20-/m0/s1. The van der Waals surface area contributed by atoms with Gasteiger partial charge in [-0.15, -0.1) is 0 Å². The molecule has 3 heterocycles. The van der Waals surface area contributed by atoms with E-state index >= 15 is 0 Å². The lowest BCUT2D eigenvalue weighted by Crippen LogP contribution is -2.47. The maximum atomic E-state index is 12.9. The fourth-order valence-corrected chi connectivity index (χ4v) is 4.27. The van der Waals surface area contributed by atoms with Crippen molar-refractivity contribution in [2.45, 2.75) is 37.6 Å². The number of urea groups is 1. The van der Waals surface area contributed by atoms with Crippen LogP contribution in [-0.2, 0) is 0 Å². The van der Waals surface area contributed by atoms with E-state index < -0.39 is 0 Å². The smallest absolute Gasteiger partial charge is 0.317 e. The number of hydrogen-bond acceptors (Lipinski definition) is 3. The van der Waals surface area contributed by atoms with E-state index in [2.05, 4.69) is 32.5 Å². The van der Waals surface area contributed by atoms with E-state index in [1.54, 1.807) is 6.20 Å². The normalized spacial score (nSPS) is 19.9. The first-order valence-corrected chi connectivity index (χ1v) is 10.1. The topological polar surface area (TPSA) is 64.3 Å². The summed E-state index contributed by atoms with van der Waals surface area (Å²) in [6, 6.07) is 12.5. The quantitative estimate of drug-likeness (QED) is 0.853. The molecule has 6 nitrogen and oxygen atoms in total. The Morgan fingerprint density at radius 2 is 1.85 bits per heavy atom. The van der Waals surface area contributed by atoms with Gasteiger partial charge in [0.05, 0.1) is 6.04 Å². The molecule has 2 N–H and O–H groups in total.